The molecule has 0 aliphatic heterocycles. The zero-order chi connectivity index (χ0) is 17.0. The number of hydrogen-bond acceptors (Lipinski definition) is 5. The molecular formula is C15H11IN2O5. The maximum Gasteiger partial charge on any atom is 0.337 e. The number of nitro groups is 1. The van der Waals surface area contributed by atoms with Gasteiger partial charge in [-0.15, -0.1) is 0 Å². The summed E-state index contributed by atoms with van der Waals surface area (Å²) < 4.78 is 5.08. The van der Waals surface area contributed by atoms with Gasteiger partial charge in [-0.25, -0.2) is 4.79 Å². The minimum absolute atomic E-state index is 0.0846. The highest BCUT2D eigenvalue weighted by Gasteiger charge is 2.15. The number of carbonyl (C=O) groups excluding carboxylic acids is 2. The van der Waals surface area contributed by atoms with Gasteiger partial charge in [0.15, 0.2) is 0 Å². The molecule has 118 valence electrons. The molecular weight excluding hydrogens is 415 g/mol. The third-order valence-electron chi connectivity index (χ3n) is 2.95. The lowest BCUT2D eigenvalue weighted by molar-refractivity contribution is -0.384. The summed E-state index contributed by atoms with van der Waals surface area (Å²) in [4.78, 5) is 33.9. The topological polar surface area (TPSA) is 98.5 Å². The molecule has 0 unspecified atom stereocenters. The maximum absolute atomic E-state index is 12.3. The third kappa shape index (κ3) is 4.03. The molecule has 7 nitrogen and oxygen atoms in total. The lowest BCUT2D eigenvalue weighted by atomic mass is 10.1. The van der Waals surface area contributed by atoms with Crippen LogP contribution >= 0.6 is 22.6 Å². The summed E-state index contributed by atoms with van der Waals surface area (Å²) in [5, 5.41) is 13.4. The van der Waals surface area contributed by atoms with Gasteiger partial charge in [0, 0.05) is 21.4 Å². The zero-order valence-electron chi connectivity index (χ0n) is 11.9. The van der Waals surface area contributed by atoms with Gasteiger partial charge in [0.2, 0.25) is 0 Å². The van der Waals surface area contributed by atoms with E-state index in [2.05, 4.69) is 10.1 Å². The number of benzene rings is 2. The summed E-state index contributed by atoms with van der Waals surface area (Å²) >= 11 is 1.86. The van der Waals surface area contributed by atoms with Crippen molar-refractivity contribution in [2.24, 2.45) is 0 Å². The van der Waals surface area contributed by atoms with Crippen LogP contribution in [0.4, 0.5) is 11.4 Å². The van der Waals surface area contributed by atoms with Crippen molar-refractivity contribution >= 4 is 45.8 Å². The molecule has 2 aromatic carbocycles. The van der Waals surface area contributed by atoms with Crippen LogP contribution in [0.1, 0.15) is 20.7 Å². The largest absolute Gasteiger partial charge is 0.465 e. The highest BCUT2D eigenvalue weighted by molar-refractivity contribution is 14.1. The Kier molecular flexibility index (Phi) is 5.27. The average Bonchev–Trinajstić information content (AvgIpc) is 2.53. The van der Waals surface area contributed by atoms with E-state index >= 15 is 0 Å². The van der Waals surface area contributed by atoms with Crippen molar-refractivity contribution in [3.8, 4) is 0 Å². The molecule has 0 fully saturated rings. The van der Waals surface area contributed by atoms with E-state index in [1.807, 2.05) is 22.6 Å². The van der Waals surface area contributed by atoms with Crippen molar-refractivity contribution in [2.45, 2.75) is 0 Å². The fraction of sp³-hybridized carbons (Fsp3) is 0.0667. The van der Waals surface area contributed by atoms with E-state index in [-0.39, 0.29) is 5.69 Å². The minimum atomic E-state index is -0.524. The van der Waals surface area contributed by atoms with E-state index in [0.29, 0.717) is 20.4 Å². The van der Waals surface area contributed by atoms with Gasteiger partial charge in [-0.05, 0) is 46.9 Å². The lowest BCUT2D eigenvalue weighted by Crippen LogP contribution is -2.14. The number of hydrogen-bond donors (Lipinski definition) is 1. The number of nitro benzene ring substituents is 1. The first kappa shape index (κ1) is 16.9. The summed E-state index contributed by atoms with van der Waals surface area (Å²) in [6, 6.07) is 10.3. The van der Waals surface area contributed by atoms with E-state index in [1.54, 1.807) is 18.2 Å². The molecule has 0 saturated heterocycles. The second kappa shape index (κ2) is 7.18. The number of amides is 1. The summed E-state index contributed by atoms with van der Waals surface area (Å²) in [5.41, 5.74) is 0.953. The van der Waals surface area contributed by atoms with Crippen molar-refractivity contribution in [3.63, 3.8) is 0 Å². The Bertz CT molecular complexity index is 791. The molecule has 2 rings (SSSR count). The molecule has 1 N–H and O–H groups in total. The normalized spacial score (nSPS) is 10.0. The van der Waals surface area contributed by atoms with Gasteiger partial charge < -0.3 is 10.1 Å². The van der Waals surface area contributed by atoms with Crippen molar-refractivity contribution in [1.82, 2.24) is 0 Å². The van der Waals surface area contributed by atoms with E-state index in [4.69, 9.17) is 0 Å². The van der Waals surface area contributed by atoms with Crippen molar-refractivity contribution < 1.29 is 19.2 Å². The predicted octanol–water partition coefficient (Wildman–Crippen LogP) is 3.24. The number of halogens is 1. The molecule has 0 aromatic heterocycles. The Hall–Kier alpha value is -2.49. The summed E-state index contributed by atoms with van der Waals surface area (Å²) in [5.74, 6) is -0.933. The van der Waals surface area contributed by atoms with Crippen LogP contribution in [0.5, 0.6) is 0 Å². The van der Waals surface area contributed by atoms with Crippen molar-refractivity contribution in [3.05, 3.63) is 67.3 Å². The number of rotatable bonds is 4. The molecule has 0 heterocycles. The van der Waals surface area contributed by atoms with Crippen LogP contribution in [0.15, 0.2) is 42.5 Å². The van der Waals surface area contributed by atoms with Crippen LogP contribution in [-0.4, -0.2) is 23.9 Å². The molecule has 2 aromatic rings. The number of esters is 1. The number of anilines is 1. The second-order valence-electron chi connectivity index (χ2n) is 4.45. The minimum Gasteiger partial charge on any atom is -0.465 e. The molecule has 0 aliphatic carbocycles. The molecule has 0 saturated carbocycles. The number of methoxy groups -OCH3 is 1. The van der Waals surface area contributed by atoms with Gasteiger partial charge in [0.25, 0.3) is 11.6 Å². The quantitative estimate of drug-likeness (QED) is 0.350. The number of carbonyl (C=O) groups is 2. The van der Waals surface area contributed by atoms with E-state index in [9.17, 15) is 19.7 Å². The van der Waals surface area contributed by atoms with Gasteiger partial charge >= 0.3 is 5.97 Å². The highest BCUT2D eigenvalue weighted by Crippen LogP contribution is 2.21. The van der Waals surface area contributed by atoms with E-state index < -0.39 is 16.8 Å². The Balaban J connectivity index is 2.22. The monoisotopic (exact) mass is 426 g/mol. The van der Waals surface area contributed by atoms with Crippen LogP contribution < -0.4 is 5.32 Å². The highest BCUT2D eigenvalue weighted by atomic mass is 127. The fourth-order valence-corrected chi connectivity index (χ4v) is 2.59. The van der Waals surface area contributed by atoms with Gasteiger partial charge in [-0.2, -0.15) is 0 Å². The molecule has 1 amide bonds. The molecule has 23 heavy (non-hydrogen) atoms. The van der Waals surface area contributed by atoms with Crippen LogP contribution in [0.2, 0.25) is 0 Å². The molecule has 0 spiro atoms. The van der Waals surface area contributed by atoms with Crippen LogP contribution in [0.25, 0.3) is 0 Å². The number of ether oxygens (including phenoxy) is 1. The first-order valence-corrected chi connectivity index (χ1v) is 7.44. The first-order chi connectivity index (χ1) is 10.9. The zero-order valence-corrected chi connectivity index (χ0v) is 14.1. The fourth-order valence-electron chi connectivity index (χ4n) is 1.84. The Labute approximate surface area is 144 Å². The summed E-state index contributed by atoms with van der Waals surface area (Å²) in [6.07, 6.45) is 0. The molecule has 0 aliphatic rings. The molecule has 0 bridgehead atoms. The lowest BCUT2D eigenvalue weighted by Gasteiger charge is -2.08. The molecule has 0 radical (unpaired) electrons. The van der Waals surface area contributed by atoms with Gasteiger partial charge in [0.1, 0.15) is 0 Å². The third-order valence-corrected chi connectivity index (χ3v) is 3.84. The van der Waals surface area contributed by atoms with Crippen LogP contribution in [-0.2, 0) is 4.74 Å². The predicted molar refractivity (Wildman–Crippen MR) is 91.5 cm³/mol. The number of nitrogens with zero attached hydrogens (tertiary/aromatic N) is 1. The number of nitrogens with one attached hydrogen (secondary N) is 1. The van der Waals surface area contributed by atoms with E-state index in [1.165, 1.54) is 31.4 Å². The standard InChI is InChI=1S/C15H11IN2O5/c1-23-15(20)9-3-2-4-10(7-9)17-14(19)12-6-5-11(18(21)22)8-13(12)16/h2-8H,1H3,(H,17,19). The van der Waals surface area contributed by atoms with Crippen LogP contribution in [0.3, 0.4) is 0 Å². The van der Waals surface area contributed by atoms with Crippen molar-refractivity contribution in [1.29, 1.82) is 0 Å². The Morgan fingerprint density at radius 3 is 2.57 bits per heavy atom. The second-order valence-corrected chi connectivity index (χ2v) is 5.61. The van der Waals surface area contributed by atoms with Crippen molar-refractivity contribution in [2.75, 3.05) is 12.4 Å². The maximum atomic E-state index is 12.3. The molecule has 0 atom stereocenters. The average molecular weight is 426 g/mol. The van der Waals surface area contributed by atoms with Crippen LogP contribution in [0, 0.1) is 13.7 Å². The summed E-state index contributed by atoms with van der Waals surface area (Å²) in [6.45, 7) is 0. The summed E-state index contributed by atoms with van der Waals surface area (Å²) in [7, 11) is 1.27. The van der Waals surface area contributed by atoms with Gasteiger partial charge in [-0.3, -0.25) is 14.9 Å². The number of non-ortho nitro benzene ring substituents is 1. The molecule has 8 heteroatoms. The first-order valence-electron chi connectivity index (χ1n) is 6.36. The Morgan fingerprint density at radius 2 is 1.96 bits per heavy atom. The smallest absolute Gasteiger partial charge is 0.337 e. The Morgan fingerprint density at radius 1 is 1.22 bits per heavy atom. The van der Waals surface area contributed by atoms with E-state index in [0.717, 1.165) is 0 Å². The van der Waals surface area contributed by atoms with Gasteiger partial charge in [0.05, 0.1) is 23.2 Å². The van der Waals surface area contributed by atoms with Gasteiger partial charge in [-0.1, -0.05) is 6.07 Å². The SMILES string of the molecule is COC(=O)c1cccc(NC(=O)c2ccc([N+](=O)[O-])cc2I)c1.